The van der Waals surface area contributed by atoms with E-state index in [1.807, 2.05) is 11.9 Å². The molecule has 1 heterocycles. The van der Waals surface area contributed by atoms with Crippen LogP contribution in [0.3, 0.4) is 0 Å². The van der Waals surface area contributed by atoms with Crippen molar-refractivity contribution in [1.29, 1.82) is 0 Å². The molecule has 1 saturated heterocycles. The maximum absolute atomic E-state index is 12.2. The Hall–Kier alpha value is -1.00. The van der Waals surface area contributed by atoms with Crippen molar-refractivity contribution in [3.8, 4) is 0 Å². The van der Waals surface area contributed by atoms with Gasteiger partial charge in [-0.15, -0.1) is 11.8 Å². The first kappa shape index (κ1) is 15.4. The van der Waals surface area contributed by atoms with Crippen molar-refractivity contribution in [3.05, 3.63) is 35.4 Å². The van der Waals surface area contributed by atoms with E-state index in [2.05, 4.69) is 36.5 Å². The third-order valence-corrected chi connectivity index (χ3v) is 4.79. The molecule has 0 radical (unpaired) electrons. The molecular weight excluding hydrogens is 268 g/mol. The normalized spacial score (nSPS) is 19.1. The lowest BCUT2D eigenvalue weighted by atomic mass is 10.1. The molecule has 0 spiro atoms. The number of rotatable bonds is 5. The van der Waals surface area contributed by atoms with E-state index in [0.717, 1.165) is 25.3 Å². The average molecular weight is 292 g/mol. The quantitative estimate of drug-likeness (QED) is 0.904. The first-order valence-electron chi connectivity index (χ1n) is 7.27. The van der Waals surface area contributed by atoms with E-state index in [-0.39, 0.29) is 5.91 Å². The summed E-state index contributed by atoms with van der Waals surface area (Å²) in [6.45, 7) is 3.87. The molecule has 1 unspecified atom stereocenters. The van der Waals surface area contributed by atoms with Gasteiger partial charge in [-0.1, -0.05) is 29.8 Å². The van der Waals surface area contributed by atoms with Gasteiger partial charge in [0.05, 0.1) is 5.75 Å². The number of piperidine rings is 1. The Morgan fingerprint density at radius 1 is 1.40 bits per heavy atom. The largest absolute Gasteiger partial charge is 0.340 e. The van der Waals surface area contributed by atoms with Crippen LogP contribution in [0.15, 0.2) is 24.3 Å². The zero-order chi connectivity index (χ0) is 14.4. The number of nitrogens with one attached hydrogen (secondary N) is 1. The fraction of sp³-hybridized carbons (Fsp3) is 0.562. The molecule has 1 amide bonds. The highest BCUT2D eigenvalue weighted by Gasteiger charge is 2.22. The van der Waals surface area contributed by atoms with E-state index in [0.29, 0.717) is 11.8 Å². The molecule has 4 heteroatoms. The van der Waals surface area contributed by atoms with Gasteiger partial charge in [0.1, 0.15) is 0 Å². The lowest BCUT2D eigenvalue weighted by Crippen LogP contribution is -2.47. The minimum Gasteiger partial charge on any atom is -0.340 e. The Kier molecular flexibility index (Phi) is 5.92. The van der Waals surface area contributed by atoms with E-state index < -0.39 is 0 Å². The summed E-state index contributed by atoms with van der Waals surface area (Å²) in [5, 5.41) is 3.28. The fourth-order valence-electron chi connectivity index (χ4n) is 2.47. The third kappa shape index (κ3) is 4.53. The number of carbonyl (C=O) groups excluding carboxylic acids is 1. The number of nitrogens with zero attached hydrogens (tertiary/aromatic N) is 1. The number of likely N-dealkylation sites (tertiary alicyclic amines) is 1. The lowest BCUT2D eigenvalue weighted by Gasteiger charge is -2.32. The summed E-state index contributed by atoms with van der Waals surface area (Å²) >= 11 is 1.71. The van der Waals surface area contributed by atoms with Crippen LogP contribution in [0, 0.1) is 6.92 Å². The van der Waals surface area contributed by atoms with Gasteiger partial charge in [0.15, 0.2) is 0 Å². The van der Waals surface area contributed by atoms with Crippen molar-refractivity contribution in [1.82, 2.24) is 10.2 Å². The number of aryl methyl sites for hydroxylation is 1. The van der Waals surface area contributed by atoms with E-state index in [4.69, 9.17) is 0 Å². The van der Waals surface area contributed by atoms with Gasteiger partial charge in [-0.05, 0) is 32.4 Å². The van der Waals surface area contributed by atoms with Gasteiger partial charge in [-0.3, -0.25) is 4.79 Å². The van der Waals surface area contributed by atoms with Crippen LogP contribution in [0.2, 0.25) is 0 Å². The molecule has 0 bridgehead atoms. The summed E-state index contributed by atoms with van der Waals surface area (Å²) in [6.07, 6.45) is 2.29. The molecule has 110 valence electrons. The Labute approximate surface area is 126 Å². The summed E-state index contributed by atoms with van der Waals surface area (Å²) in [4.78, 5) is 14.2. The SMILES string of the molecule is CNC1CCCN(C(=O)CSCc2ccc(C)cc2)C1. The summed E-state index contributed by atoms with van der Waals surface area (Å²) in [5.74, 6) is 1.78. The third-order valence-electron chi connectivity index (χ3n) is 3.80. The molecule has 3 nitrogen and oxygen atoms in total. The number of benzene rings is 1. The number of hydrogen-bond donors (Lipinski definition) is 1. The van der Waals surface area contributed by atoms with Crippen LogP contribution in [-0.4, -0.2) is 42.7 Å². The topological polar surface area (TPSA) is 32.3 Å². The van der Waals surface area contributed by atoms with Crippen LogP contribution in [0.1, 0.15) is 24.0 Å². The summed E-state index contributed by atoms with van der Waals surface area (Å²) in [5.41, 5.74) is 2.57. The van der Waals surface area contributed by atoms with Crippen molar-refractivity contribution in [2.24, 2.45) is 0 Å². The van der Waals surface area contributed by atoms with Gasteiger partial charge in [-0.25, -0.2) is 0 Å². The predicted octanol–water partition coefficient (Wildman–Crippen LogP) is 2.44. The Morgan fingerprint density at radius 2 is 2.15 bits per heavy atom. The highest BCUT2D eigenvalue weighted by Crippen LogP contribution is 2.16. The maximum Gasteiger partial charge on any atom is 0.232 e. The van der Waals surface area contributed by atoms with E-state index in [1.165, 1.54) is 17.5 Å². The molecule has 1 fully saturated rings. The molecule has 1 aliphatic rings. The number of likely N-dealkylation sites (N-methyl/N-ethyl adjacent to an activating group) is 1. The van der Waals surface area contributed by atoms with Gasteiger partial charge in [-0.2, -0.15) is 0 Å². The Bertz CT molecular complexity index is 433. The average Bonchev–Trinajstić information content (AvgIpc) is 2.49. The van der Waals surface area contributed by atoms with Gasteiger partial charge < -0.3 is 10.2 Å². The van der Waals surface area contributed by atoms with E-state index in [9.17, 15) is 4.79 Å². The predicted molar refractivity (Wildman–Crippen MR) is 86.0 cm³/mol. The van der Waals surface area contributed by atoms with E-state index >= 15 is 0 Å². The Balaban J connectivity index is 1.73. The van der Waals surface area contributed by atoms with Crippen LogP contribution in [0.4, 0.5) is 0 Å². The molecule has 1 aliphatic heterocycles. The Morgan fingerprint density at radius 3 is 2.85 bits per heavy atom. The zero-order valence-electron chi connectivity index (χ0n) is 12.4. The highest BCUT2D eigenvalue weighted by molar-refractivity contribution is 7.99. The maximum atomic E-state index is 12.2. The van der Waals surface area contributed by atoms with Crippen molar-refractivity contribution in [2.75, 3.05) is 25.9 Å². The minimum atomic E-state index is 0.280. The number of hydrogen-bond acceptors (Lipinski definition) is 3. The van der Waals surface area contributed by atoms with Crippen molar-refractivity contribution < 1.29 is 4.79 Å². The molecule has 0 aromatic heterocycles. The molecule has 2 rings (SSSR count). The number of carbonyl (C=O) groups is 1. The molecule has 1 aromatic carbocycles. The second-order valence-corrected chi connectivity index (χ2v) is 6.43. The molecule has 0 saturated carbocycles. The molecule has 20 heavy (non-hydrogen) atoms. The second kappa shape index (κ2) is 7.70. The zero-order valence-corrected chi connectivity index (χ0v) is 13.2. The summed E-state index contributed by atoms with van der Waals surface area (Å²) in [6, 6.07) is 9.00. The first-order chi connectivity index (χ1) is 9.69. The second-order valence-electron chi connectivity index (χ2n) is 5.45. The molecule has 1 atom stereocenters. The van der Waals surface area contributed by atoms with Crippen molar-refractivity contribution in [3.63, 3.8) is 0 Å². The molecular formula is C16H24N2OS. The molecule has 1 aromatic rings. The smallest absolute Gasteiger partial charge is 0.232 e. The minimum absolute atomic E-state index is 0.280. The van der Waals surface area contributed by atoms with Crippen LogP contribution in [0.5, 0.6) is 0 Å². The van der Waals surface area contributed by atoms with Gasteiger partial charge >= 0.3 is 0 Å². The fourth-order valence-corrected chi connectivity index (χ4v) is 3.36. The first-order valence-corrected chi connectivity index (χ1v) is 8.43. The lowest BCUT2D eigenvalue weighted by molar-refractivity contribution is -0.129. The summed E-state index contributed by atoms with van der Waals surface area (Å²) < 4.78 is 0. The van der Waals surface area contributed by atoms with Crippen LogP contribution in [0.25, 0.3) is 0 Å². The van der Waals surface area contributed by atoms with Crippen molar-refractivity contribution in [2.45, 2.75) is 31.6 Å². The number of amides is 1. The number of thioether (sulfide) groups is 1. The molecule has 1 N–H and O–H groups in total. The van der Waals surface area contributed by atoms with Crippen LogP contribution >= 0.6 is 11.8 Å². The monoisotopic (exact) mass is 292 g/mol. The summed E-state index contributed by atoms with van der Waals surface area (Å²) in [7, 11) is 1.98. The van der Waals surface area contributed by atoms with Gasteiger partial charge in [0.25, 0.3) is 0 Å². The van der Waals surface area contributed by atoms with Crippen LogP contribution in [-0.2, 0) is 10.5 Å². The van der Waals surface area contributed by atoms with Crippen LogP contribution < -0.4 is 5.32 Å². The van der Waals surface area contributed by atoms with Gasteiger partial charge in [0.2, 0.25) is 5.91 Å². The van der Waals surface area contributed by atoms with E-state index in [1.54, 1.807) is 11.8 Å². The standard InChI is InChI=1S/C16H24N2OS/c1-13-5-7-14(8-6-13)11-20-12-16(19)18-9-3-4-15(10-18)17-2/h5-8,15,17H,3-4,9-12H2,1-2H3. The molecule has 0 aliphatic carbocycles. The van der Waals surface area contributed by atoms with Gasteiger partial charge in [0, 0.05) is 24.9 Å². The van der Waals surface area contributed by atoms with Crippen molar-refractivity contribution >= 4 is 17.7 Å². The highest BCUT2D eigenvalue weighted by atomic mass is 32.2.